The zero-order chi connectivity index (χ0) is 12.8. The quantitative estimate of drug-likeness (QED) is 0.295. The second kappa shape index (κ2) is 4.19. The molecule has 8 nitrogen and oxygen atoms in total. The van der Waals surface area contributed by atoms with Crippen LogP contribution in [0.3, 0.4) is 0 Å². The van der Waals surface area contributed by atoms with Gasteiger partial charge in [0.15, 0.2) is 5.17 Å². The van der Waals surface area contributed by atoms with Crippen molar-refractivity contribution in [1.82, 2.24) is 5.32 Å². The Labute approximate surface area is 100 Å². The van der Waals surface area contributed by atoms with E-state index in [1.165, 1.54) is 0 Å². The number of amidine groups is 1. The molecular weight excluding hydrogens is 252 g/mol. The molecule has 2 saturated heterocycles. The van der Waals surface area contributed by atoms with Gasteiger partial charge in [-0.15, -0.1) is 0 Å². The number of aliphatic hydroxyl groups is 4. The minimum Gasteiger partial charge on any atom is -0.394 e. The van der Waals surface area contributed by atoms with E-state index in [-0.39, 0.29) is 5.17 Å². The van der Waals surface area contributed by atoms with E-state index in [2.05, 4.69) is 5.32 Å². The number of thioether (sulfide) groups is 1. The van der Waals surface area contributed by atoms with Gasteiger partial charge < -0.3 is 30.5 Å². The normalized spacial score (nSPS) is 46.4. The van der Waals surface area contributed by atoms with Gasteiger partial charge in [0.25, 0.3) is 5.91 Å². The lowest BCUT2D eigenvalue weighted by molar-refractivity contribution is -0.236. The Morgan fingerprint density at radius 1 is 1.41 bits per heavy atom. The Kier molecular flexibility index (Phi) is 3.14. The number of rotatable bonds is 1. The van der Waals surface area contributed by atoms with Crippen LogP contribution in [0.2, 0.25) is 0 Å². The van der Waals surface area contributed by atoms with E-state index in [1.807, 2.05) is 0 Å². The first-order chi connectivity index (χ1) is 7.92. The summed E-state index contributed by atoms with van der Waals surface area (Å²) in [5, 5.41) is 47.1. The lowest BCUT2D eigenvalue weighted by Crippen LogP contribution is -2.66. The third-order valence-electron chi connectivity index (χ3n) is 2.75. The topological polar surface area (TPSA) is 143 Å². The van der Waals surface area contributed by atoms with Crippen molar-refractivity contribution in [3.8, 4) is 0 Å². The van der Waals surface area contributed by atoms with Gasteiger partial charge in [-0.05, 0) is 11.8 Å². The van der Waals surface area contributed by atoms with Crippen molar-refractivity contribution in [3.63, 3.8) is 0 Å². The van der Waals surface area contributed by atoms with Crippen molar-refractivity contribution in [2.45, 2.75) is 29.3 Å². The number of nitrogens with one attached hydrogen (secondary N) is 2. The summed E-state index contributed by atoms with van der Waals surface area (Å²) in [6.07, 6.45) is -6.01. The summed E-state index contributed by atoms with van der Waals surface area (Å²) in [7, 11) is 0. The first-order valence-corrected chi connectivity index (χ1v) is 5.66. The first-order valence-electron chi connectivity index (χ1n) is 4.84. The van der Waals surface area contributed by atoms with Gasteiger partial charge in [0.1, 0.15) is 24.4 Å². The van der Waals surface area contributed by atoms with Crippen LogP contribution in [0.1, 0.15) is 0 Å². The highest BCUT2D eigenvalue weighted by Crippen LogP contribution is 2.42. The third-order valence-corrected chi connectivity index (χ3v) is 3.88. The maximum absolute atomic E-state index is 11.7. The number of amides is 1. The third kappa shape index (κ3) is 1.75. The van der Waals surface area contributed by atoms with Crippen LogP contribution >= 0.6 is 11.8 Å². The molecule has 2 heterocycles. The average Bonchev–Trinajstić information content (AvgIpc) is 2.57. The lowest BCUT2D eigenvalue weighted by atomic mass is 9.94. The Balaban J connectivity index is 2.34. The Morgan fingerprint density at radius 2 is 2.06 bits per heavy atom. The first kappa shape index (κ1) is 12.7. The molecule has 0 aromatic carbocycles. The van der Waals surface area contributed by atoms with E-state index < -0.39 is 41.9 Å². The maximum Gasteiger partial charge on any atom is 0.272 e. The van der Waals surface area contributed by atoms with E-state index in [4.69, 9.17) is 15.3 Å². The van der Waals surface area contributed by atoms with E-state index in [1.54, 1.807) is 0 Å². The van der Waals surface area contributed by atoms with Gasteiger partial charge in [0.2, 0.25) is 4.93 Å². The van der Waals surface area contributed by atoms with Gasteiger partial charge >= 0.3 is 0 Å². The number of carbonyl (C=O) groups is 1. The molecule has 0 bridgehead atoms. The fourth-order valence-electron chi connectivity index (χ4n) is 1.83. The van der Waals surface area contributed by atoms with Gasteiger partial charge in [-0.3, -0.25) is 10.2 Å². The molecule has 6 N–H and O–H groups in total. The Bertz CT molecular complexity index is 364. The van der Waals surface area contributed by atoms with Crippen molar-refractivity contribution in [2.24, 2.45) is 0 Å². The molecule has 2 aliphatic heterocycles. The summed E-state index contributed by atoms with van der Waals surface area (Å²) in [6.45, 7) is -0.617. The molecule has 2 aliphatic rings. The average molecular weight is 264 g/mol. The molecule has 0 aliphatic carbocycles. The van der Waals surface area contributed by atoms with E-state index in [0.29, 0.717) is 11.8 Å². The van der Waals surface area contributed by atoms with E-state index in [0.717, 1.165) is 0 Å². The monoisotopic (exact) mass is 264 g/mol. The SMILES string of the molecule is N=C1NC(=O)[C@]2(O[C@H](CO)[C@@H](O)[C@H](O)[C@H]2O)S1. The largest absolute Gasteiger partial charge is 0.394 e. The molecular formula is C8H12N2O6S. The second-order valence-electron chi connectivity index (χ2n) is 3.82. The molecule has 0 radical (unpaired) electrons. The molecule has 0 aromatic heterocycles. The smallest absolute Gasteiger partial charge is 0.272 e. The second-order valence-corrected chi connectivity index (χ2v) is 5.04. The van der Waals surface area contributed by atoms with Crippen molar-refractivity contribution in [3.05, 3.63) is 0 Å². The molecule has 17 heavy (non-hydrogen) atoms. The molecule has 1 spiro atoms. The van der Waals surface area contributed by atoms with Gasteiger partial charge in [-0.25, -0.2) is 0 Å². The highest BCUT2D eigenvalue weighted by Gasteiger charge is 2.62. The standard InChI is InChI=1S/C8H12N2O6S/c9-7-10-6(15)8(17-7)5(14)4(13)3(12)2(1-11)16-8/h2-5,11-14H,1H2,(H2,9,10,15)/t2-,3-,4+,5-,8-/m1/s1. The minimum atomic E-state index is -1.89. The Hall–Kier alpha value is -0.710. The number of aliphatic hydroxyl groups excluding tert-OH is 4. The highest BCUT2D eigenvalue weighted by atomic mass is 32.2. The minimum absolute atomic E-state index is 0.227. The van der Waals surface area contributed by atoms with Crippen LogP contribution in [0.5, 0.6) is 0 Å². The molecule has 0 saturated carbocycles. The van der Waals surface area contributed by atoms with Crippen molar-refractivity contribution in [2.75, 3.05) is 6.61 Å². The molecule has 5 atom stereocenters. The molecule has 2 rings (SSSR count). The number of hydrogen-bond donors (Lipinski definition) is 6. The Morgan fingerprint density at radius 3 is 2.53 bits per heavy atom. The molecule has 1 amide bonds. The highest BCUT2D eigenvalue weighted by molar-refractivity contribution is 8.16. The summed E-state index contributed by atoms with van der Waals surface area (Å²) < 4.78 is 5.16. The van der Waals surface area contributed by atoms with E-state index >= 15 is 0 Å². The number of carbonyl (C=O) groups excluding carboxylic acids is 1. The number of ether oxygens (including phenoxy) is 1. The summed E-state index contributed by atoms with van der Waals surface area (Å²) in [4.78, 5) is 9.77. The fraction of sp³-hybridized carbons (Fsp3) is 0.750. The number of hydrogen-bond acceptors (Lipinski definition) is 8. The zero-order valence-corrected chi connectivity index (χ0v) is 9.35. The fourth-order valence-corrected chi connectivity index (χ4v) is 2.85. The summed E-state index contributed by atoms with van der Waals surface area (Å²) in [5.74, 6) is -0.788. The zero-order valence-electron chi connectivity index (χ0n) is 8.53. The summed E-state index contributed by atoms with van der Waals surface area (Å²) in [6, 6.07) is 0. The van der Waals surface area contributed by atoms with Gasteiger partial charge in [0, 0.05) is 0 Å². The van der Waals surface area contributed by atoms with Crippen molar-refractivity contribution in [1.29, 1.82) is 5.41 Å². The predicted molar refractivity (Wildman–Crippen MR) is 56.2 cm³/mol. The van der Waals surface area contributed by atoms with Gasteiger partial charge in [0.05, 0.1) is 6.61 Å². The van der Waals surface area contributed by atoms with Gasteiger partial charge in [-0.1, -0.05) is 0 Å². The lowest BCUT2D eigenvalue weighted by Gasteiger charge is -2.43. The van der Waals surface area contributed by atoms with Gasteiger partial charge in [-0.2, -0.15) is 0 Å². The molecule has 2 fully saturated rings. The van der Waals surface area contributed by atoms with E-state index in [9.17, 15) is 20.1 Å². The summed E-state index contributed by atoms with van der Waals surface area (Å²) in [5.41, 5.74) is 0. The van der Waals surface area contributed by atoms with Crippen LogP contribution in [-0.4, -0.2) is 67.5 Å². The van der Waals surface area contributed by atoms with Crippen molar-refractivity contribution >= 4 is 22.8 Å². The van der Waals surface area contributed by atoms with Crippen LogP contribution in [0.15, 0.2) is 0 Å². The van der Waals surface area contributed by atoms with Crippen LogP contribution < -0.4 is 5.32 Å². The summed E-state index contributed by atoms with van der Waals surface area (Å²) >= 11 is 0.598. The molecule has 9 heteroatoms. The van der Waals surface area contributed by atoms with Crippen LogP contribution in [0.4, 0.5) is 0 Å². The van der Waals surface area contributed by atoms with Crippen molar-refractivity contribution < 1.29 is 30.0 Å². The predicted octanol–water partition coefficient (Wildman–Crippen LogP) is -3.05. The van der Waals surface area contributed by atoms with Crippen LogP contribution in [0, 0.1) is 5.41 Å². The maximum atomic E-state index is 11.7. The molecule has 0 unspecified atom stereocenters. The van der Waals surface area contributed by atoms with Crippen LogP contribution in [-0.2, 0) is 9.53 Å². The van der Waals surface area contributed by atoms with Crippen LogP contribution in [0.25, 0.3) is 0 Å². The molecule has 96 valence electrons. The molecule has 0 aromatic rings.